The molecular weight excluding hydrogens is 294 g/mol. The maximum absolute atomic E-state index is 8.53. The highest BCUT2D eigenvalue weighted by Gasteiger charge is 2.06. The molecule has 0 aromatic carbocycles. The number of nitrogens with zero attached hydrogens (tertiary/aromatic N) is 1. The summed E-state index contributed by atoms with van der Waals surface area (Å²) < 4.78 is 20.8. The van der Waals surface area contributed by atoms with Gasteiger partial charge in [0.05, 0.1) is 66.1 Å². The first-order chi connectivity index (χ1) is 10.7. The van der Waals surface area contributed by atoms with Gasteiger partial charge in [-0.1, -0.05) is 0 Å². The third-order valence-electron chi connectivity index (χ3n) is 2.57. The summed E-state index contributed by atoms with van der Waals surface area (Å²) in [5.74, 6) is -0.0275. The zero-order chi connectivity index (χ0) is 16.5. The zero-order valence-corrected chi connectivity index (χ0v) is 13.0. The normalized spacial score (nSPS) is 10.8. The largest absolute Gasteiger partial charge is 0.394 e. The lowest BCUT2D eigenvalue weighted by molar-refractivity contribution is 0.0217. The van der Waals surface area contributed by atoms with Gasteiger partial charge in [0.1, 0.15) is 0 Å². The van der Waals surface area contributed by atoms with Crippen LogP contribution in [0.15, 0.2) is 0 Å². The summed E-state index contributed by atoms with van der Waals surface area (Å²) in [6, 6.07) is 0. The van der Waals surface area contributed by atoms with Crippen LogP contribution in [0.2, 0.25) is 0 Å². The molecule has 0 saturated carbocycles. The van der Waals surface area contributed by atoms with E-state index in [0.29, 0.717) is 65.9 Å². The molecule has 0 heterocycles. The van der Waals surface area contributed by atoms with E-state index in [1.54, 1.807) is 4.90 Å². The molecule has 132 valence electrons. The molecule has 0 aliphatic heterocycles. The summed E-state index contributed by atoms with van der Waals surface area (Å²) in [6.07, 6.45) is 0. The molecule has 0 aromatic rings. The molecule has 0 rings (SSSR count). The highest BCUT2D eigenvalue weighted by atomic mass is 16.5. The lowest BCUT2D eigenvalue weighted by Crippen LogP contribution is -2.41. The summed E-state index contributed by atoms with van der Waals surface area (Å²) in [5, 5.41) is 24.5. The van der Waals surface area contributed by atoms with E-state index in [2.05, 4.69) is 0 Å². The van der Waals surface area contributed by atoms with Gasteiger partial charge in [0, 0.05) is 13.1 Å². The smallest absolute Gasteiger partial charge is 0.188 e. The number of hydrogen-bond donors (Lipinski definition) is 4. The van der Waals surface area contributed by atoms with E-state index >= 15 is 0 Å². The quantitative estimate of drug-likeness (QED) is 0.149. The first kappa shape index (κ1) is 21.0. The van der Waals surface area contributed by atoms with E-state index in [0.717, 1.165) is 0 Å². The topological polar surface area (TPSA) is 130 Å². The Morgan fingerprint density at radius 2 is 1.09 bits per heavy atom. The average molecular weight is 323 g/mol. The minimum Gasteiger partial charge on any atom is -0.394 e. The molecule has 0 fully saturated rings. The number of nitrogens with one attached hydrogen (secondary N) is 1. The third kappa shape index (κ3) is 14.0. The second-order valence-electron chi connectivity index (χ2n) is 4.27. The zero-order valence-electron chi connectivity index (χ0n) is 13.0. The molecule has 0 aliphatic rings. The van der Waals surface area contributed by atoms with E-state index in [1.165, 1.54) is 0 Å². The fourth-order valence-electron chi connectivity index (χ4n) is 1.48. The SMILES string of the molecule is N=C(N)N(CCOCCOCCO)CCOCCOCCO. The molecule has 0 saturated heterocycles. The van der Waals surface area contributed by atoms with Crippen LogP contribution in [0.3, 0.4) is 0 Å². The van der Waals surface area contributed by atoms with Crippen LogP contribution in [-0.2, 0) is 18.9 Å². The number of nitrogens with two attached hydrogens (primary N) is 1. The number of rotatable bonds is 16. The van der Waals surface area contributed by atoms with Gasteiger partial charge in [0.2, 0.25) is 0 Å². The second-order valence-corrected chi connectivity index (χ2v) is 4.27. The standard InChI is InChI=1S/C13H29N3O6/c14-13(15)16(1-5-19-9-11-21-7-3-17)2-6-20-10-12-22-8-4-18/h17-18H,1-12H2,(H3,14,15). The van der Waals surface area contributed by atoms with Crippen LogP contribution in [-0.4, -0.2) is 100 Å². The van der Waals surface area contributed by atoms with E-state index in [-0.39, 0.29) is 19.2 Å². The summed E-state index contributed by atoms with van der Waals surface area (Å²) in [5.41, 5.74) is 5.49. The predicted octanol–water partition coefficient (Wildman–Crippen LogP) is -1.77. The second kappa shape index (κ2) is 16.4. The van der Waals surface area contributed by atoms with Crippen molar-refractivity contribution in [1.29, 1.82) is 5.41 Å². The predicted molar refractivity (Wildman–Crippen MR) is 80.9 cm³/mol. The van der Waals surface area contributed by atoms with Gasteiger partial charge in [-0.05, 0) is 0 Å². The number of ether oxygens (including phenoxy) is 4. The van der Waals surface area contributed by atoms with E-state index in [9.17, 15) is 0 Å². The van der Waals surface area contributed by atoms with Crippen molar-refractivity contribution in [2.24, 2.45) is 5.73 Å². The molecule has 0 bridgehead atoms. The molecule has 5 N–H and O–H groups in total. The van der Waals surface area contributed by atoms with Crippen LogP contribution >= 0.6 is 0 Å². The van der Waals surface area contributed by atoms with Crippen molar-refractivity contribution in [3.63, 3.8) is 0 Å². The van der Waals surface area contributed by atoms with Crippen molar-refractivity contribution in [3.05, 3.63) is 0 Å². The molecular formula is C13H29N3O6. The summed E-state index contributed by atoms with van der Waals surface area (Å²) in [7, 11) is 0. The first-order valence-corrected chi connectivity index (χ1v) is 7.34. The van der Waals surface area contributed by atoms with Crippen LogP contribution in [0.25, 0.3) is 0 Å². The summed E-state index contributed by atoms with van der Waals surface area (Å²) >= 11 is 0. The Morgan fingerprint density at radius 3 is 1.41 bits per heavy atom. The van der Waals surface area contributed by atoms with E-state index in [4.69, 9.17) is 40.3 Å². The van der Waals surface area contributed by atoms with Gasteiger partial charge in [-0.3, -0.25) is 5.41 Å². The fraction of sp³-hybridized carbons (Fsp3) is 0.923. The highest BCUT2D eigenvalue weighted by molar-refractivity contribution is 5.74. The van der Waals surface area contributed by atoms with Gasteiger partial charge in [-0.2, -0.15) is 0 Å². The maximum atomic E-state index is 8.53. The number of guanidine groups is 1. The minimum atomic E-state index is -0.0275. The number of aliphatic hydroxyl groups is 2. The molecule has 0 aliphatic carbocycles. The Kier molecular flexibility index (Phi) is 15.7. The first-order valence-electron chi connectivity index (χ1n) is 7.34. The van der Waals surface area contributed by atoms with Gasteiger partial charge in [-0.15, -0.1) is 0 Å². The third-order valence-corrected chi connectivity index (χ3v) is 2.57. The van der Waals surface area contributed by atoms with E-state index < -0.39 is 0 Å². The van der Waals surface area contributed by atoms with Crippen molar-refractivity contribution in [1.82, 2.24) is 4.90 Å². The Labute approximate surface area is 131 Å². The van der Waals surface area contributed by atoms with Crippen molar-refractivity contribution in [2.45, 2.75) is 0 Å². The average Bonchev–Trinajstić information content (AvgIpc) is 2.50. The Morgan fingerprint density at radius 1 is 0.727 bits per heavy atom. The van der Waals surface area contributed by atoms with Crippen LogP contribution in [0.5, 0.6) is 0 Å². The summed E-state index contributed by atoms with van der Waals surface area (Å²) in [4.78, 5) is 1.66. The highest BCUT2D eigenvalue weighted by Crippen LogP contribution is 1.90. The Balaban J connectivity index is 3.51. The van der Waals surface area contributed by atoms with Gasteiger partial charge in [0.25, 0.3) is 0 Å². The van der Waals surface area contributed by atoms with Gasteiger partial charge >= 0.3 is 0 Å². The molecule has 0 radical (unpaired) electrons. The number of hydrogen-bond acceptors (Lipinski definition) is 7. The molecule has 9 heteroatoms. The van der Waals surface area contributed by atoms with Gasteiger partial charge in [0.15, 0.2) is 5.96 Å². The van der Waals surface area contributed by atoms with Gasteiger partial charge < -0.3 is 39.8 Å². The van der Waals surface area contributed by atoms with Crippen LogP contribution in [0.4, 0.5) is 0 Å². The lowest BCUT2D eigenvalue weighted by atomic mass is 10.5. The van der Waals surface area contributed by atoms with Crippen molar-refractivity contribution >= 4 is 5.96 Å². The van der Waals surface area contributed by atoms with Crippen molar-refractivity contribution in [3.8, 4) is 0 Å². The molecule has 0 spiro atoms. The van der Waals surface area contributed by atoms with Crippen LogP contribution in [0, 0.1) is 5.41 Å². The monoisotopic (exact) mass is 323 g/mol. The molecule has 0 aromatic heterocycles. The molecule has 0 amide bonds. The van der Waals surface area contributed by atoms with Crippen LogP contribution < -0.4 is 5.73 Å². The fourth-order valence-corrected chi connectivity index (χ4v) is 1.48. The molecule has 0 unspecified atom stereocenters. The van der Waals surface area contributed by atoms with Crippen molar-refractivity contribution in [2.75, 3.05) is 79.2 Å². The van der Waals surface area contributed by atoms with E-state index in [1.807, 2.05) is 0 Å². The molecule has 22 heavy (non-hydrogen) atoms. The minimum absolute atomic E-state index is 0.00313. The van der Waals surface area contributed by atoms with Crippen LogP contribution in [0.1, 0.15) is 0 Å². The van der Waals surface area contributed by atoms with Gasteiger partial charge in [-0.25, -0.2) is 0 Å². The van der Waals surface area contributed by atoms with Crippen molar-refractivity contribution < 1.29 is 29.2 Å². The summed E-state index contributed by atoms with van der Waals surface area (Å²) in [6.45, 7) is 4.21. The lowest BCUT2D eigenvalue weighted by Gasteiger charge is -2.22. The maximum Gasteiger partial charge on any atom is 0.188 e. The Bertz CT molecular complexity index is 240. The Hall–Kier alpha value is -0.970. The molecule has 9 nitrogen and oxygen atoms in total. The molecule has 0 atom stereocenters. The number of aliphatic hydroxyl groups excluding tert-OH is 2.